The number of aliphatic hydroxyl groups is 1. The summed E-state index contributed by atoms with van der Waals surface area (Å²) in [4.78, 5) is 13.6. The van der Waals surface area contributed by atoms with Crippen LogP contribution in [0.5, 0.6) is 0 Å². The molecule has 3 N–H and O–H groups in total. The molecule has 0 spiro atoms. The SMILES string of the molecule is Cc1cncc(-n2cc(Nc3nc(NC4CCC(O)CC4)c4sccc4n3)cn2)c1. The molecule has 8 nitrogen and oxygen atoms in total. The Morgan fingerprint density at radius 1 is 1.13 bits per heavy atom. The number of thiophene rings is 1. The normalized spacial score (nSPS) is 19.1. The lowest BCUT2D eigenvalue weighted by molar-refractivity contribution is 0.126. The molecule has 4 aromatic rings. The van der Waals surface area contributed by atoms with E-state index in [1.807, 2.05) is 36.8 Å². The minimum Gasteiger partial charge on any atom is -0.393 e. The van der Waals surface area contributed by atoms with Gasteiger partial charge in [-0.05, 0) is 55.7 Å². The molecule has 1 saturated carbocycles. The van der Waals surface area contributed by atoms with Crippen molar-refractivity contribution in [1.29, 1.82) is 0 Å². The number of aromatic nitrogens is 5. The summed E-state index contributed by atoms with van der Waals surface area (Å²) >= 11 is 1.63. The molecule has 0 aliphatic heterocycles. The molecule has 0 radical (unpaired) electrons. The van der Waals surface area contributed by atoms with E-state index in [1.54, 1.807) is 28.4 Å². The van der Waals surface area contributed by atoms with E-state index in [0.29, 0.717) is 12.0 Å². The van der Waals surface area contributed by atoms with Gasteiger partial charge in [-0.15, -0.1) is 11.3 Å². The van der Waals surface area contributed by atoms with Crippen LogP contribution in [-0.4, -0.2) is 42.0 Å². The van der Waals surface area contributed by atoms with Crippen molar-refractivity contribution in [2.45, 2.75) is 44.8 Å². The summed E-state index contributed by atoms with van der Waals surface area (Å²) in [7, 11) is 0. The zero-order valence-corrected chi connectivity index (χ0v) is 17.4. The average Bonchev–Trinajstić information content (AvgIpc) is 3.39. The van der Waals surface area contributed by atoms with Crippen LogP contribution < -0.4 is 10.6 Å². The van der Waals surface area contributed by atoms with E-state index in [0.717, 1.165) is 58.7 Å². The second kappa shape index (κ2) is 8.00. The third kappa shape index (κ3) is 3.99. The first-order valence-corrected chi connectivity index (χ1v) is 11.0. The number of rotatable bonds is 5. The maximum absolute atomic E-state index is 9.77. The summed E-state index contributed by atoms with van der Waals surface area (Å²) in [5.41, 5.74) is 3.69. The van der Waals surface area contributed by atoms with E-state index in [4.69, 9.17) is 4.98 Å². The molecule has 1 fully saturated rings. The fraction of sp³-hybridized carbons (Fsp3) is 0.333. The van der Waals surface area contributed by atoms with Crippen molar-refractivity contribution in [3.05, 3.63) is 47.9 Å². The summed E-state index contributed by atoms with van der Waals surface area (Å²) in [6.45, 7) is 2.00. The van der Waals surface area contributed by atoms with E-state index in [2.05, 4.69) is 25.7 Å². The van der Waals surface area contributed by atoms with Crippen molar-refractivity contribution in [2.75, 3.05) is 10.6 Å². The van der Waals surface area contributed by atoms with E-state index >= 15 is 0 Å². The Hall–Kier alpha value is -3.04. The molecule has 4 aromatic heterocycles. The van der Waals surface area contributed by atoms with Crippen molar-refractivity contribution in [3.63, 3.8) is 0 Å². The van der Waals surface area contributed by atoms with Crippen LogP contribution in [0.1, 0.15) is 31.2 Å². The number of aliphatic hydroxyl groups excluding tert-OH is 1. The van der Waals surface area contributed by atoms with Gasteiger partial charge < -0.3 is 15.7 Å². The smallest absolute Gasteiger partial charge is 0.229 e. The van der Waals surface area contributed by atoms with Crippen LogP contribution in [0.2, 0.25) is 0 Å². The highest BCUT2D eigenvalue weighted by Gasteiger charge is 2.21. The highest BCUT2D eigenvalue weighted by Crippen LogP contribution is 2.31. The van der Waals surface area contributed by atoms with E-state index in [-0.39, 0.29) is 6.10 Å². The third-order valence-electron chi connectivity index (χ3n) is 5.30. The van der Waals surface area contributed by atoms with Crippen LogP contribution in [0.25, 0.3) is 15.9 Å². The van der Waals surface area contributed by atoms with Crippen LogP contribution in [0.3, 0.4) is 0 Å². The fourth-order valence-electron chi connectivity index (χ4n) is 3.75. The number of hydrogen-bond acceptors (Lipinski definition) is 8. The van der Waals surface area contributed by atoms with Gasteiger partial charge in [0.05, 0.1) is 46.3 Å². The van der Waals surface area contributed by atoms with Gasteiger partial charge in [-0.3, -0.25) is 4.98 Å². The first kappa shape index (κ1) is 19.0. The number of pyridine rings is 1. The summed E-state index contributed by atoms with van der Waals surface area (Å²) in [6.07, 6.45) is 10.6. The highest BCUT2D eigenvalue weighted by atomic mass is 32.1. The third-order valence-corrected chi connectivity index (χ3v) is 6.22. The number of fused-ring (bicyclic) bond motifs is 1. The second-order valence-corrected chi connectivity index (χ2v) is 8.62. The summed E-state index contributed by atoms with van der Waals surface area (Å²) in [5.74, 6) is 1.37. The Balaban J connectivity index is 1.38. The van der Waals surface area contributed by atoms with Crippen LogP contribution in [-0.2, 0) is 0 Å². The monoisotopic (exact) mass is 421 g/mol. The Morgan fingerprint density at radius 3 is 2.83 bits per heavy atom. The molecule has 0 amide bonds. The molecule has 4 heterocycles. The standard InChI is InChI=1S/C21H23N7OS/c1-13-8-16(11-22-9-13)28-12-15(10-23-28)25-21-26-18-6-7-30-19(18)20(27-21)24-14-2-4-17(29)5-3-14/h6-12,14,17,29H,2-5H2,1H3,(H2,24,25,26,27). The number of aryl methyl sites for hydroxylation is 1. The van der Waals surface area contributed by atoms with Gasteiger partial charge in [0.2, 0.25) is 5.95 Å². The number of nitrogens with zero attached hydrogens (tertiary/aromatic N) is 5. The topological polar surface area (TPSA) is 101 Å². The molecular weight excluding hydrogens is 398 g/mol. The molecular formula is C21H23N7OS. The average molecular weight is 422 g/mol. The molecule has 154 valence electrons. The molecule has 0 atom stereocenters. The van der Waals surface area contributed by atoms with Gasteiger partial charge in [-0.25, -0.2) is 9.67 Å². The number of nitrogens with one attached hydrogen (secondary N) is 2. The Labute approximate surface area is 178 Å². The maximum Gasteiger partial charge on any atom is 0.229 e. The molecule has 0 bridgehead atoms. The first-order valence-electron chi connectivity index (χ1n) is 10.1. The van der Waals surface area contributed by atoms with Crippen molar-refractivity contribution >= 4 is 39.0 Å². The largest absolute Gasteiger partial charge is 0.393 e. The zero-order valence-electron chi connectivity index (χ0n) is 16.6. The van der Waals surface area contributed by atoms with Gasteiger partial charge in [0.1, 0.15) is 5.82 Å². The van der Waals surface area contributed by atoms with Crippen LogP contribution in [0.15, 0.2) is 42.3 Å². The molecule has 9 heteroatoms. The number of hydrogen-bond donors (Lipinski definition) is 3. The van der Waals surface area contributed by atoms with Crippen molar-refractivity contribution in [2.24, 2.45) is 0 Å². The predicted octanol–water partition coefficient (Wildman–Crippen LogP) is 4.04. The van der Waals surface area contributed by atoms with E-state index in [1.165, 1.54) is 0 Å². The van der Waals surface area contributed by atoms with Crippen molar-refractivity contribution < 1.29 is 5.11 Å². The molecule has 0 unspecified atom stereocenters. The second-order valence-electron chi connectivity index (χ2n) is 7.70. The summed E-state index contributed by atoms with van der Waals surface area (Å²) < 4.78 is 2.83. The molecule has 30 heavy (non-hydrogen) atoms. The lowest BCUT2D eigenvalue weighted by Crippen LogP contribution is -2.28. The van der Waals surface area contributed by atoms with Gasteiger partial charge in [0.15, 0.2) is 0 Å². The molecule has 0 saturated heterocycles. The van der Waals surface area contributed by atoms with Gasteiger partial charge in [-0.1, -0.05) is 0 Å². The van der Waals surface area contributed by atoms with E-state index in [9.17, 15) is 5.11 Å². The fourth-order valence-corrected chi connectivity index (χ4v) is 4.54. The van der Waals surface area contributed by atoms with Gasteiger partial charge in [0, 0.05) is 12.2 Å². The van der Waals surface area contributed by atoms with Crippen molar-refractivity contribution in [3.8, 4) is 5.69 Å². The summed E-state index contributed by atoms with van der Waals surface area (Å²) in [5, 5.41) is 23.1. The molecule has 1 aliphatic rings. The van der Waals surface area contributed by atoms with Crippen molar-refractivity contribution in [1.82, 2.24) is 24.7 Å². The van der Waals surface area contributed by atoms with Gasteiger partial charge in [0.25, 0.3) is 0 Å². The van der Waals surface area contributed by atoms with E-state index < -0.39 is 0 Å². The van der Waals surface area contributed by atoms with Crippen LogP contribution in [0.4, 0.5) is 17.5 Å². The molecule has 5 rings (SSSR count). The predicted molar refractivity (Wildman–Crippen MR) is 119 cm³/mol. The minimum absolute atomic E-state index is 0.174. The lowest BCUT2D eigenvalue weighted by Gasteiger charge is -2.26. The Bertz CT molecular complexity index is 1160. The first-order chi connectivity index (χ1) is 14.6. The van der Waals surface area contributed by atoms with Gasteiger partial charge in [-0.2, -0.15) is 10.1 Å². The van der Waals surface area contributed by atoms with Gasteiger partial charge >= 0.3 is 0 Å². The minimum atomic E-state index is -0.174. The highest BCUT2D eigenvalue weighted by molar-refractivity contribution is 7.17. The lowest BCUT2D eigenvalue weighted by atomic mass is 9.93. The zero-order chi connectivity index (χ0) is 20.5. The molecule has 1 aliphatic carbocycles. The number of anilines is 3. The summed E-state index contributed by atoms with van der Waals surface area (Å²) in [6, 6.07) is 4.35. The van der Waals surface area contributed by atoms with Crippen LogP contribution in [0, 0.1) is 6.92 Å². The Morgan fingerprint density at radius 2 is 2.00 bits per heavy atom. The maximum atomic E-state index is 9.77. The molecule has 0 aromatic carbocycles. The Kier molecular flexibility index (Phi) is 5.06. The van der Waals surface area contributed by atoms with Crippen LogP contribution >= 0.6 is 11.3 Å². The quantitative estimate of drug-likeness (QED) is 0.447.